The van der Waals surface area contributed by atoms with Crippen LogP contribution in [0.4, 0.5) is 0 Å². The van der Waals surface area contributed by atoms with Crippen LogP contribution in [0.25, 0.3) is 0 Å². The number of nitrogens with two attached hydrogens (primary N) is 1. The molecule has 19 heavy (non-hydrogen) atoms. The van der Waals surface area contributed by atoms with Gasteiger partial charge in [-0.25, -0.2) is 0 Å². The second kappa shape index (κ2) is 8.18. The van der Waals surface area contributed by atoms with Crippen molar-refractivity contribution in [3.63, 3.8) is 0 Å². The lowest BCUT2D eigenvalue weighted by Gasteiger charge is -2.16. The molecular weight excluding hydrogens is 236 g/mol. The molecule has 0 aliphatic heterocycles. The summed E-state index contributed by atoms with van der Waals surface area (Å²) in [6, 6.07) is 6.58. The molecule has 0 spiro atoms. The van der Waals surface area contributed by atoms with Crippen molar-refractivity contribution in [1.82, 2.24) is 4.90 Å². The van der Waals surface area contributed by atoms with E-state index in [2.05, 4.69) is 51.0 Å². The standard InChI is InChI=1S/C16H28N2O/c1-5-15(17)12-14-11-13(2)7-8-16(14)19-10-6-9-18(3)4/h7-8,11,15H,5-6,9-10,12,17H2,1-4H3. The van der Waals surface area contributed by atoms with Gasteiger partial charge in [-0.05, 0) is 51.9 Å². The fourth-order valence-corrected chi connectivity index (χ4v) is 2.00. The molecule has 1 atom stereocenters. The minimum absolute atomic E-state index is 0.214. The van der Waals surface area contributed by atoms with Crippen LogP contribution in [0.1, 0.15) is 30.9 Å². The van der Waals surface area contributed by atoms with Gasteiger partial charge in [-0.15, -0.1) is 0 Å². The van der Waals surface area contributed by atoms with Crippen molar-refractivity contribution < 1.29 is 4.74 Å². The molecular formula is C16H28N2O. The van der Waals surface area contributed by atoms with Crippen LogP contribution in [-0.4, -0.2) is 38.2 Å². The SMILES string of the molecule is CCC(N)Cc1cc(C)ccc1OCCCN(C)C. The van der Waals surface area contributed by atoms with Crippen LogP contribution in [0.3, 0.4) is 0 Å². The Balaban J connectivity index is 2.60. The predicted octanol–water partition coefficient (Wildman–Crippen LogP) is 2.61. The van der Waals surface area contributed by atoms with E-state index in [1.807, 2.05) is 0 Å². The summed E-state index contributed by atoms with van der Waals surface area (Å²) in [5.41, 5.74) is 8.55. The summed E-state index contributed by atoms with van der Waals surface area (Å²) in [4.78, 5) is 2.17. The molecule has 0 saturated heterocycles. The zero-order chi connectivity index (χ0) is 14.3. The quantitative estimate of drug-likeness (QED) is 0.734. The van der Waals surface area contributed by atoms with E-state index in [1.165, 1.54) is 11.1 Å². The van der Waals surface area contributed by atoms with Crippen LogP contribution < -0.4 is 10.5 Å². The average Bonchev–Trinajstić information content (AvgIpc) is 2.36. The molecule has 0 fully saturated rings. The highest BCUT2D eigenvalue weighted by Crippen LogP contribution is 2.22. The lowest BCUT2D eigenvalue weighted by atomic mass is 10.0. The molecule has 1 rings (SSSR count). The summed E-state index contributed by atoms with van der Waals surface area (Å²) in [6.45, 7) is 6.04. The molecule has 0 saturated carbocycles. The molecule has 3 heteroatoms. The van der Waals surface area contributed by atoms with Crippen molar-refractivity contribution in [3.05, 3.63) is 29.3 Å². The first-order valence-corrected chi connectivity index (χ1v) is 7.15. The molecule has 2 N–H and O–H groups in total. The Morgan fingerprint density at radius 1 is 1.32 bits per heavy atom. The van der Waals surface area contributed by atoms with E-state index < -0.39 is 0 Å². The number of benzene rings is 1. The van der Waals surface area contributed by atoms with Crippen molar-refractivity contribution in [1.29, 1.82) is 0 Å². The van der Waals surface area contributed by atoms with Crippen LogP contribution in [0.5, 0.6) is 5.75 Å². The highest BCUT2D eigenvalue weighted by molar-refractivity contribution is 5.37. The van der Waals surface area contributed by atoms with Crippen LogP contribution >= 0.6 is 0 Å². The molecule has 3 nitrogen and oxygen atoms in total. The average molecular weight is 264 g/mol. The molecule has 1 aromatic carbocycles. The van der Waals surface area contributed by atoms with Gasteiger partial charge in [0.25, 0.3) is 0 Å². The van der Waals surface area contributed by atoms with Gasteiger partial charge < -0.3 is 15.4 Å². The van der Waals surface area contributed by atoms with Gasteiger partial charge in [-0.1, -0.05) is 24.6 Å². The number of aryl methyl sites for hydroxylation is 1. The maximum Gasteiger partial charge on any atom is 0.122 e. The van der Waals surface area contributed by atoms with Crippen molar-refractivity contribution in [2.24, 2.45) is 5.73 Å². The first-order chi connectivity index (χ1) is 9.02. The van der Waals surface area contributed by atoms with E-state index in [-0.39, 0.29) is 6.04 Å². The minimum atomic E-state index is 0.214. The van der Waals surface area contributed by atoms with E-state index in [4.69, 9.17) is 10.5 Å². The Hall–Kier alpha value is -1.06. The monoisotopic (exact) mass is 264 g/mol. The largest absolute Gasteiger partial charge is 0.493 e. The molecule has 1 aromatic rings. The smallest absolute Gasteiger partial charge is 0.122 e. The van der Waals surface area contributed by atoms with E-state index in [9.17, 15) is 0 Å². The Morgan fingerprint density at radius 2 is 2.05 bits per heavy atom. The number of nitrogens with zero attached hydrogens (tertiary/aromatic N) is 1. The van der Waals surface area contributed by atoms with E-state index in [0.717, 1.165) is 38.2 Å². The van der Waals surface area contributed by atoms with Gasteiger partial charge in [0.1, 0.15) is 5.75 Å². The molecule has 1 unspecified atom stereocenters. The van der Waals surface area contributed by atoms with E-state index in [0.29, 0.717) is 0 Å². The summed E-state index contributed by atoms with van der Waals surface area (Å²) >= 11 is 0. The fraction of sp³-hybridized carbons (Fsp3) is 0.625. The second-order valence-corrected chi connectivity index (χ2v) is 5.49. The summed E-state index contributed by atoms with van der Waals surface area (Å²) in [5.74, 6) is 0.994. The predicted molar refractivity (Wildman–Crippen MR) is 81.8 cm³/mol. The highest BCUT2D eigenvalue weighted by atomic mass is 16.5. The lowest BCUT2D eigenvalue weighted by Crippen LogP contribution is -2.22. The minimum Gasteiger partial charge on any atom is -0.493 e. The van der Waals surface area contributed by atoms with Gasteiger partial charge in [0.15, 0.2) is 0 Å². The molecule has 0 amide bonds. The van der Waals surface area contributed by atoms with Crippen LogP contribution in [-0.2, 0) is 6.42 Å². The molecule has 0 radical (unpaired) electrons. The Kier molecular flexibility index (Phi) is 6.89. The number of ether oxygens (including phenoxy) is 1. The van der Waals surface area contributed by atoms with Gasteiger partial charge >= 0.3 is 0 Å². The lowest BCUT2D eigenvalue weighted by molar-refractivity contribution is 0.279. The molecule has 0 heterocycles. The first kappa shape index (κ1) is 16.0. The summed E-state index contributed by atoms with van der Waals surface area (Å²) in [5, 5.41) is 0. The second-order valence-electron chi connectivity index (χ2n) is 5.49. The third-order valence-corrected chi connectivity index (χ3v) is 3.23. The van der Waals surface area contributed by atoms with Gasteiger partial charge in [0.05, 0.1) is 6.61 Å². The normalized spacial score (nSPS) is 12.7. The van der Waals surface area contributed by atoms with Gasteiger partial charge in [0, 0.05) is 12.6 Å². The van der Waals surface area contributed by atoms with Crippen LogP contribution in [0.2, 0.25) is 0 Å². The molecule has 0 aliphatic carbocycles. The zero-order valence-electron chi connectivity index (χ0n) is 12.8. The first-order valence-electron chi connectivity index (χ1n) is 7.15. The number of hydrogen-bond donors (Lipinski definition) is 1. The van der Waals surface area contributed by atoms with Crippen LogP contribution in [0, 0.1) is 6.92 Å². The van der Waals surface area contributed by atoms with Gasteiger partial charge in [0.2, 0.25) is 0 Å². The topological polar surface area (TPSA) is 38.5 Å². The maximum absolute atomic E-state index is 6.06. The summed E-state index contributed by atoms with van der Waals surface area (Å²) in [6.07, 6.45) is 2.93. The van der Waals surface area contributed by atoms with Crippen molar-refractivity contribution >= 4 is 0 Å². The number of rotatable bonds is 8. The van der Waals surface area contributed by atoms with E-state index >= 15 is 0 Å². The van der Waals surface area contributed by atoms with Crippen molar-refractivity contribution in [2.45, 2.75) is 39.2 Å². The van der Waals surface area contributed by atoms with Gasteiger partial charge in [-0.3, -0.25) is 0 Å². The van der Waals surface area contributed by atoms with Gasteiger partial charge in [-0.2, -0.15) is 0 Å². The highest BCUT2D eigenvalue weighted by Gasteiger charge is 2.08. The maximum atomic E-state index is 6.06. The van der Waals surface area contributed by atoms with Crippen molar-refractivity contribution in [2.75, 3.05) is 27.2 Å². The molecule has 108 valence electrons. The van der Waals surface area contributed by atoms with Crippen LogP contribution in [0.15, 0.2) is 18.2 Å². The molecule has 0 bridgehead atoms. The summed E-state index contributed by atoms with van der Waals surface area (Å²) in [7, 11) is 4.16. The zero-order valence-corrected chi connectivity index (χ0v) is 12.8. The molecule has 0 aromatic heterocycles. The Labute approximate surface area is 117 Å². The number of hydrogen-bond acceptors (Lipinski definition) is 3. The Bertz CT molecular complexity index is 377. The third kappa shape index (κ3) is 6.08. The third-order valence-electron chi connectivity index (χ3n) is 3.23. The van der Waals surface area contributed by atoms with E-state index in [1.54, 1.807) is 0 Å². The Morgan fingerprint density at radius 3 is 2.68 bits per heavy atom. The molecule has 0 aliphatic rings. The fourth-order valence-electron chi connectivity index (χ4n) is 2.00. The summed E-state index contributed by atoms with van der Waals surface area (Å²) < 4.78 is 5.91. The van der Waals surface area contributed by atoms with Crippen molar-refractivity contribution in [3.8, 4) is 5.75 Å².